The number of hydrogen-bond donors (Lipinski definition) is 2. The highest BCUT2D eigenvalue weighted by atomic mass is 28.4. The Morgan fingerprint density at radius 3 is 2.16 bits per heavy atom. The highest BCUT2D eigenvalue weighted by Crippen LogP contribution is 2.46. The van der Waals surface area contributed by atoms with Crippen molar-refractivity contribution in [1.82, 2.24) is 10.6 Å². The standard InChI is InChI=1S/C33H63N3O7Si/c1-10-14-16-28(43-30(39)35-25-33(9)22-27(36-26-37)21-32(7,8)23-33)17-15-18-29(38)34-24-31(5,6)19-20-44(40-11-2,41-12-3)42-13-4/h27-28H,10-25H2,1-9H3,(H,34,38)(H,35,39). The Balaban J connectivity index is 2.56. The second-order valence-corrected chi connectivity index (χ2v) is 17.0. The zero-order valence-corrected chi connectivity index (χ0v) is 30.3. The number of alkyl carbamates (subject to hydrolysis) is 1. The van der Waals surface area contributed by atoms with Gasteiger partial charge in [-0.3, -0.25) is 4.79 Å². The van der Waals surface area contributed by atoms with Crippen molar-refractivity contribution < 1.29 is 32.4 Å². The summed E-state index contributed by atoms with van der Waals surface area (Å²) in [5, 5.41) is 6.07. The number of nitrogens with one attached hydrogen (secondary N) is 2. The molecule has 1 aliphatic rings. The third-order valence-electron chi connectivity index (χ3n) is 8.36. The predicted octanol–water partition coefficient (Wildman–Crippen LogP) is 6.94. The van der Waals surface area contributed by atoms with E-state index < -0.39 is 14.9 Å². The molecule has 44 heavy (non-hydrogen) atoms. The van der Waals surface area contributed by atoms with Gasteiger partial charge in [0.25, 0.3) is 0 Å². The Kier molecular flexibility index (Phi) is 18.0. The Morgan fingerprint density at radius 2 is 1.59 bits per heavy atom. The third-order valence-corrected chi connectivity index (χ3v) is 11.4. The molecule has 0 saturated heterocycles. The SMILES string of the molecule is CCCCC(CCCC(=O)NCC(C)(C)CC[Si](OCC)(OCC)OCC)OC(=O)NCC1(C)CC(N=C=O)CC(C)(C)C1. The molecule has 10 nitrogen and oxygen atoms in total. The van der Waals surface area contributed by atoms with Crippen LogP contribution >= 0.6 is 0 Å². The second kappa shape index (κ2) is 19.7. The van der Waals surface area contributed by atoms with Crippen molar-refractivity contribution in [3.05, 3.63) is 0 Å². The van der Waals surface area contributed by atoms with Crippen LogP contribution in [0.2, 0.25) is 6.04 Å². The highest BCUT2D eigenvalue weighted by Gasteiger charge is 2.42. The fourth-order valence-corrected chi connectivity index (χ4v) is 9.53. The van der Waals surface area contributed by atoms with E-state index >= 15 is 0 Å². The molecule has 0 aromatic heterocycles. The summed E-state index contributed by atoms with van der Waals surface area (Å²) in [7, 11) is -2.73. The van der Waals surface area contributed by atoms with Crippen LogP contribution in [0.25, 0.3) is 0 Å². The molecule has 3 atom stereocenters. The summed E-state index contributed by atoms with van der Waals surface area (Å²) < 4.78 is 23.8. The molecule has 1 rings (SSSR count). The largest absolute Gasteiger partial charge is 0.500 e. The molecular formula is C33H63N3O7Si. The molecule has 0 aliphatic heterocycles. The van der Waals surface area contributed by atoms with Crippen LogP contribution in [0.4, 0.5) is 4.79 Å². The molecule has 1 aliphatic carbocycles. The smallest absolute Gasteiger partial charge is 0.446 e. The molecule has 0 aromatic rings. The number of nitrogens with zero attached hydrogens (tertiary/aromatic N) is 1. The van der Waals surface area contributed by atoms with Crippen LogP contribution < -0.4 is 10.6 Å². The maximum absolute atomic E-state index is 12.8. The maximum Gasteiger partial charge on any atom is 0.500 e. The molecule has 0 aromatic carbocycles. The normalized spacial score (nSPS) is 20.8. The van der Waals surface area contributed by atoms with Crippen molar-refractivity contribution >= 4 is 26.9 Å². The average Bonchev–Trinajstić information content (AvgIpc) is 2.92. The van der Waals surface area contributed by atoms with E-state index in [0.717, 1.165) is 44.9 Å². The summed E-state index contributed by atoms with van der Waals surface area (Å²) in [6, 6.07) is 0.623. The lowest BCUT2D eigenvalue weighted by Crippen LogP contribution is -2.47. The van der Waals surface area contributed by atoms with Crippen molar-refractivity contribution in [1.29, 1.82) is 0 Å². The number of ether oxygens (including phenoxy) is 1. The second-order valence-electron chi connectivity index (χ2n) is 14.3. The average molecular weight is 642 g/mol. The van der Waals surface area contributed by atoms with Gasteiger partial charge in [0.15, 0.2) is 0 Å². The number of rotatable bonds is 22. The summed E-state index contributed by atoms with van der Waals surface area (Å²) in [5.41, 5.74) is -0.311. The first kappa shape index (κ1) is 40.2. The highest BCUT2D eigenvalue weighted by molar-refractivity contribution is 6.60. The Hall–Kier alpha value is -1.78. The van der Waals surface area contributed by atoms with Gasteiger partial charge < -0.3 is 28.6 Å². The van der Waals surface area contributed by atoms with Gasteiger partial charge >= 0.3 is 14.9 Å². The van der Waals surface area contributed by atoms with Crippen LogP contribution in [0, 0.1) is 16.2 Å². The van der Waals surface area contributed by atoms with Crippen molar-refractivity contribution in [2.45, 2.75) is 145 Å². The van der Waals surface area contributed by atoms with Crippen LogP contribution in [0.3, 0.4) is 0 Å². The molecule has 0 bridgehead atoms. The molecule has 0 spiro atoms. The molecular weight excluding hydrogens is 578 g/mol. The van der Waals surface area contributed by atoms with Gasteiger partial charge in [-0.25, -0.2) is 14.6 Å². The van der Waals surface area contributed by atoms with Crippen LogP contribution in [0.15, 0.2) is 4.99 Å². The molecule has 0 radical (unpaired) electrons. The Morgan fingerprint density at radius 1 is 0.977 bits per heavy atom. The predicted molar refractivity (Wildman–Crippen MR) is 176 cm³/mol. The minimum absolute atomic E-state index is 0.0000705. The number of isocyanates is 1. The third kappa shape index (κ3) is 16.0. The maximum atomic E-state index is 12.8. The lowest BCUT2D eigenvalue weighted by Gasteiger charge is -2.45. The first-order valence-corrected chi connectivity index (χ1v) is 18.8. The molecule has 256 valence electrons. The molecule has 0 heterocycles. The lowest BCUT2D eigenvalue weighted by molar-refractivity contribution is -0.121. The molecule has 1 saturated carbocycles. The lowest BCUT2D eigenvalue weighted by atomic mass is 9.63. The van der Waals surface area contributed by atoms with E-state index in [1.165, 1.54) is 0 Å². The summed E-state index contributed by atoms with van der Waals surface area (Å²) in [6.45, 7) is 21.4. The number of hydrogen-bond acceptors (Lipinski definition) is 8. The van der Waals surface area contributed by atoms with E-state index in [2.05, 4.69) is 57.2 Å². The minimum Gasteiger partial charge on any atom is -0.446 e. The Labute approximate surface area is 268 Å². The minimum atomic E-state index is -2.73. The summed E-state index contributed by atoms with van der Waals surface area (Å²) in [5.74, 6) is 0.0000705. The van der Waals surface area contributed by atoms with Gasteiger partial charge in [0.2, 0.25) is 12.0 Å². The molecule has 11 heteroatoms. The summed E-state index contributed by atoms with van der Waals surface area (Å²) in [6.07, 6.45) is 8.71. The van der Waals surface area contributed by atoms with Crippen LogP contribution in [-0.2, 0) is 27.6 Å². The molecule has 2 N–H and O–H groups in total. The zero-order valence-electron chi connectivity index (χ0n) is 29.3. The van der Waals surface area contributed by atoms with Gasteiger partial charge in [-0.1, -0.05) is 54.4 Å². The fraction of sp³-hybridized carbons (Fsp3) is 0.909. The number of unbranched alkanes of at least 4 members (excludes halogenated alkanes) is 1. The molecule has 1 fully saturated rings. The van der Waals surface area contributed by atoms with Crippen molar-refractivity contribution in [2.75, 3.05) is 32.9 Å². The van der Waals surface area contributed by atoms with E-state index in [4.69, 9.17) is 18.0 Å². The van der Waals surface area contributed by atoms with Gasteiger partial charge in [0.05, 0.1) is 6.04 Å². The first-order chi connectivity index (χ1) is 20.7. The van der Waals surface area contributed by atoms with Gasteiger partial charge in [-0.05, 0) is 82.0 Å². The number of carbonyl (C=O) groups excluding carboxylic acids is 3. The van der Waals surface area contributed by atoms with E-state index in [9.17, 15) is 14.4 Å². The van der Waals surface area contributed by atoms with Crippen molar-refractivity contribution in [3.8, 4) is 0 Å². The topological polar surface area (TPSA) is 125 Å². The van der Waals surface area contributed by atoms with Crippen LogP contribution in [0.1, 0.15) is 127 Å². The van der Waals surface area contributed by atoms with E-state index in [-0.39, 0.29) is 34.3 Å². The molecule has 2 amide bonds. The quantitative estimate of drug-likeness (QED) is 0.0745. The number of aliphatic imine (C=N–C) groups is 1. The fourth-order valence-electron chi connectivity index (χ4n) is 6.55. The van der Waals surface area contributed by atoms with Crippen LogP contribution in [-0.4, -0.2) is 71.9 Å². The van der Waals surface area contributed by atoms with Gasteiger partial charge in [-0.15, -0.1) is 0 Å². The van der Waals surface area contributed by atoms with E-state index in [1.807, 2.05) is 20.8 Å². The summed E-state index contributed by atoms with van der Waals surface area (Å²) >= 11 is 0. The van der Waals surface area contributed by atoms with Gasteiger partial charge in [0.1, 0.15) is 6.10 Å². The molecule has 3 unspecified atom stereocenters. The van der Waals surface area contributed by atoms with Gasteiger partial charge in [0, 0.05) is 45.4 Å². The number of carbonyl (C=O) groups is 2. The van der Waals surface area contributed by atoms with Crippen molar-refractivity contribution in [3.63, 3.8) is 0 Å². The first-order valence-electron chi connectivity index (χ1n) is 16.9. The summed E-state index contributed by atoms with van der Waals surface area (Å²) in [4.78, 5) is 40.4. The van der Waals surface area contributed by atoms with E-state index in [0.29, 0.717) is 58.2 Å². The Bertz CT molecular complexity index is 893. The van der Waals surface area contributed by atoms with Gasteiger partial charge in [-0.2, -0.15) is 0 Å². The monoisotopic (exact) mass is 641 g/mol. The van der Waals surface area contributed by atoms with Crippen LogP contribution in [0.5, 0.6) is 0 Å². The number of amides is 2. The van der Waals surface area contributed by atoms with E-state index in [1.54, 1.807) is 6.08 Å². The zero-order chi connectivity index (χ0) is 33.3. The van der Waals surface area contributed by atoms with Crippen molar-refractivity contribution in [2.24, 2.45) is 21.2 Å².